The molecule has 2 rings (SSSR count). The SMILES string of the molecule is COc1c(C)c(C)c(OC)c(C(O)c2ccc(C(C)C)cc2)c1C. The molecule has 2 aromatic rings. The van der Waals surface area contributed by atoms with E-state index in [1.165, 1.54) is 5.56 Å². The van der Waals surface area contributed by atoms with Gasteiger partial charge in [0.15, 0.2) is 0 Å². The van der Waals surface area contributed by atoms with Crippen LogP contribution in [0.2, 0.25) is 0 Å². The average Bonchev–Trinajstić information content (AvgIpc) is 2.57. The molecule has 0 radical (unpaired) electrons. The van der Waals surface area contributed by atoms with Crippen LogP contribution in [-0.2, 0) is 0 Å². The molecule has 3 nitrogen and oxygen atoms in total. The number of ether oxygens (including phenoxy) is 2. The zero-order valence-corrected chi connectivity index (χ0v) is 15.7. The van der Waals surface area contributed by atoms with E-state index in [0.717, 1.165) is 39.3 Å². The lowest BCUT2D eigenvalue weighted by atomic mass is 9.90. The summed E-state index contributed by atoms with van der Waals surface area (Å²) in [4.78, 5) is 0. The lowest BCUT2D eigenvalue weighted by Crippen LogP contribution is -2.09. The second-order valence-corrected chi connectivity index (χ2v) is 6.58. The van der Waals surface area contributed by atoms with Gasteiger partial charge >= 0.3 is 0 Å². The van der Waals surface area contributed by atoms with E-state index in [0.29, 0.717) is 5.92 Å². The molecular formula is C21H28O3. The van der Waals surface area contributed by atoms with Gasteiger partial charge in [-0.05, 0) is 48.9 Å². The molecule has 24 heavy (non-hydrogen) atoms. The first-order valence-corrected chi connectivity index (χ1v) is 8.33. The minimum Gasteiger partial charge on any atom is -0.496 e. The fraction of sp³-hybridized carbons (Fsp3) is 0.429. The van der Waals surface area contributed by atoms with Crippen molar-refractivity contribution in [3.05, 3.63) is 57.6 Å². The van der Waals surface area contributed by atoms with E-state index in [4.69, 9.17) is 9.47 Å². The molecule has 2 aromatic carbocycles. The smallest absolute Gasteiger partial charge is 0.128 e. The monoisotopic (exact) mass is 328 g/mol. The Morgan fingerprint density at radius 3 is 1.67 bits per heavy atom. The largest absolute Gasteiger partial charge is 0.496 e. The number of hydrogen-bond acceptors (Lipinski definition) is 3. The third-order valence-electron chi connectivity index (χ3n) is 4.83. The molecule has 1 atom stereocenters. The van der Waals surface area contributed by atoms with Crippen LogP contribution in [0.15, 0.2) is 24.3 Å². The van der Waals surface area contributed by atoms with Crippen molar-refractivity contribution in [3.8, 4) is 11.5 Å². The van der Waals surface area contributed by atoms with Gasteiger partial charge in [0.25, 0.3) is 0 Å². The van der Waals surface area contributed by atoms with Gasteiger partial charge in [0.1, 0.15) is 17.6 Å². The zero-order chi connectivity index (χ0) is 18.0. The summed E-state index contributed by atoms with van der Waals surface area (Å²) < 4.78 is 11.2. The van der Waals surface area contributed by atoms with Crippen LogP contribution in [0.25, 0.3) is 0 Å². The molecule has 0 aromatic heterocycles. The first-order chi connectivity index (χ1) is 11.3. The Hall–Kier alpha value is -2.00. The Bertz CT molecular complexity index is 715. The van der Waals surface area contributed by atoms with Gasteiger partial charge in [0, 0.05) is 11.1 Å². The third-order valence-corrected chi connectivity index (χ3v) is 4.83. The first kappa shape index (κ1) is 18.3. The van der Waals surface area contributed by atoms with Gasteiger partial charge in [-0.1, -0.05) is 38.1 Å². The lowest BCUT2D eigenvalue weighted by Gasteiger charge is -2.24. The Morgan fingerprint density at radius 2 is 1.21 bits per heavy atom. The zero-order valence-electron chi connectivity index (χ0n) is 15.7. The van der Waals surface area contributed by atoms with Crippen molar-refractivity contribution >= 4 is 0 Å². The Balaban J connectivity index is 2.59. The highest BCUT2D eigenvalue weighted by atomic mass is 16.5. The maximum absolute atomic E-state index is 11.0. The highest BCUT2D eigenvalue weighted by Gasteiger charge is 2.24. The molecule has 1 unspecified atom stereocenters. The predicted octanol–water partition coefficient (Wildman–Crippen LogP) is 4.83. The van der Waals surface area contributed by atoms with Crippen molar-refractivity contribution in [2.45, 2.75) is 46.6 Å². The van der Waals surface area contributed by atoms with E-state index in [1.807, 2.05) is 32.9 Å². The van der Waals surface area contributed by atoms with E-state index >= 15 is 0 Å². The molecule has 0 aliphatic carbocycles. The molecular weight excluding hydrogens is 300 g/mol. The third kappa shape index (κ3) is 3.13. The number of aliphatic hydroxyl groups is 1. The maximum Gasteiger partial charge on any atom is 0.128 e. The van der Waals surface area contributed by atoms with Gasteiger partial charge in [-0.2, -0.15) is 0 Å². The van der Waals surface area contributed by atoms with Gasteiger partial charge < -0.3 is 14.6 Å². The number of hydrogen-bond donors (Lipinski definition) is 1. The minimum atomic E-state index is -0.755. The van der Waals surface area contributed by atoms with Crippen LogP contribution < -0.4 is 9.47 Å². The Labute approximate surface area is 145 Å². The fourth-order valence-electron chi connectivity index (χ4n) is 3.24. The number of methoxy groups -OCH3 is 2. The highest BCUT2D eigenvalue weighted by molar-refractivity contribution is 5.60. The van der Waals surface area contributed by atoms with Gasteiger partial charge in [-0.15, -0.1) is 0 Å². The normalized spacial score (nSPS) is 12.4. The Kier molecular flexibility index (Phi) is 5.55. The van der Waals surface area contributed by atoms with E-state index in [9.17, 15) is 5.11 Å². The average molecular weight is 328 g/mol. The van der Waals surface area contributed by atoms with Gasteiger partial charge in [0.05, 0.1) is 14.2 Å². The summed E-state index contributed by atoms with van der Waals surface area (Å²) in [6, 6.07) is 8.12. The lowest BCUT2D eigenvalue weighted by molar-refractivity contribution is 0.212. The summed E-state index contributed by atoms with van der Waals surface area (Å²) in [7, 11) is 3.31. The highest BCUT2D eigenvalue weighted by Crippen LogP contribution is 2.42. The molecule has 0 aliphatic heterocycles. The van der Waals surface area contributed by atoms with Gasteiger partial charge in [0.2, 0.25) is 0 Å². The van der Waals surface area contributed by atoms with Crippen LogP contribution in [0.5, 0.6) is 11.5 Å². The molecule has 0 bridgehead atoms. The first-order valence-electron chi connectivity index (χ1n) is 8.33. The van der Waals surface area contributed by atoms with Crippen LogP contribution >= 0.6 is 0 Å². The predicted molar refractivity (Wildman–Crippen MR) is 98.3 cm³/mol. The quantitative estimate of drug-likeness (QED) is 0.854. The van der Waals surface area contributed by atoms with Crippen molar-refractivity contribution in [2.24, 2.45) is 0 Å². The maximum atomic E-state index is 11.0. The van der Waals surface area contributed by atoms with Crippen LogP contribution in [-0.4, -0.2) is 19.3 Å². The van der Waals surface area contributed by atoms with Crippen molar-refractivity contribution < 1.29 is 14.6 Å². The molecule has 0 saturated heterocycles. The molecule has 0 spiro atoms. The summed E-state index contributed by atoms with van der Waals surface area (Å²) in [6.45, 7) is 10.3. The summed E-state index contributed by atoms with van der Waals surface area (Å²) >= 11 is 0. The molecule has 0 heterocycles. The van der Waals surface area contributed by atoms with Gasteiger partial charge in [-0.25, -0.2) is 0 Å². The van der Waals surface area contributed by atoms with Crippen molar-refractivity contribution in [1.29, 1.82) is 0 Å². The minimum absolute atomic E-state index is 0.467. The second-order valence-electron chi connectivity index (χ2n) is 6.58. The second kappa shape index (κ2) is 7.27. The molecule has 0 fully saturated rings. The molecule has 1 N–H and O–H groups in total. The summed E-state index contributed by atoms with van der Waals surface area (Å²) in [5, 5.41) is 11.0. The molecule has 0 aliphatic rings. The van der Waals surface area contributed by atoms with E-state index in [1.54, 1.807) is 14.2 Å². The number of benzene rings is 2. The van der Waals surface area contributed by atoms with E-state index in [-0.39, 0.29) is 0 Å². The number of aliphatic hydroxyl groups excluding tert-OH is 1. The van der Waals surface area contributed by atoms with Gasteiger partial charge in [-0.3, -0.25) is 0 Å². The van der Waals surface area contributed by atoms with Crippen LogP contribution in [0.4, 0.5) is 0 Å². The van der Waals surface area contributed by atoms with E-state index in [2.05, 4.69) is 26.0 Å². The van der Waals surface area contributed by atoms with Crippen LogP contribution in [0, 0.1) is 20.8 Å². The topological polar surface area (TPSA) is 38.7 Å². The van der Waals surface area contributed by atoms with Crippen molar-refractivity contribution in [2.75, 3.05) is 14.2 Å². The summed E-state index contributed by atoms with van der Waals surface area (Å²) in [5.41, 5.74) is 5.83. The fourth-order valence-corrected chi connectivity index (χ4v) is 3.24. The molecule has 130 valence electrons. The Morgan fingerprint density at radius 1 is 0.750 bits per heavy atom. The summed E-state index contributed by atoms with van der Waals surface area (Å²) in [6.07, 6.45) is -0.755. The van der Waals surface area contributed by atoms with Crippen molar-refractivity contribution in [3.63, 3.8) is 0 Å². The molecule has 0 amide bonds. The van der Waals surface area contributed by atoms with Crippen LogP contribution in [0.3, 0.4) is 0 Å². The molecule has 3 heteroatoms. The standard InChI is InChI=1S/C21H28O3/c1-12(2)16-8-10-17(11-9-16)19(22)18-15(5)20(23-6)13(3)14(4)21(18)24-7/h8-12,19,22H,1-7H3. The number of rotatable bonds is 5. The molecule has 0 saturated carbocycles. The van der Waals surface area contributed by atoms with E-state index < -0.39 is 6.10 Å². The summed E-state index contributed by atoms with van der Waals surface area (Å²) in [5.74, 6) is 2.00. The van der Waals surface area contributed by atoms with Crippen molar-refractivity contribution in [1.82, 2.24) is 0 Å². The van der Waals surface area contributed by atoms with Crippen LogP contribution in [0.1, 0.15) is 59.3 Å².